The van der Waals surface area contributed by atoms with Gasteiger partial charge in [0.2, 0.25) is 5.91 Å². The van der Waals surface area contributed by atoms with Gasteiger partial charge in [0.25, 0.3) is 0 Å². The number of methoxy groups -OCH3 is 1. The predicted molar refractivity (Wildman–Crippen MR) is 96.9 cm³/mol. The number of hydrogen-bond donors (Lipinski definition) is 2. The first-order valence-corrected chi connectivity index (χ1v) is 8.19. The summed E-state index contributed by atoms with van der Waals surface area (Å²) in [7, 11) is 1.62. The Balaban J connectivity index is 1.91. The van der Waals surface area contributed by atoms with Gasteiger partial charge < -0.3 is 15.4 Å². The highest BCUT2D eigenvalue weighted by molar-refractivity contribution is 9.10. The number of benzene rings is 2. The van der Waals surface area contributed by atoms with Crippen LogP contribution in [0, 0.1) is 11.3 Å². The highest BCUT2D eigenvalue weighted by Crippen LogP contribution is 2.27. The van der Waals surface area contributed by atoms with Gasteiger partial charge in [-0.2, -0.15) is 5.26 Å². The van der Waals surface area contributed by atoms with Crippen LogP contribution in [0.4, 0.5) is 5.69 Å². The van der Waals surface area contributed by atoms with Crippen LogP contribution < -0.4 is 15.4 Å². The molecule has 1 atom stereocenters. The fourth-order valence-electron chi connectivity index (χ4n) is 2.19. The molecule has 0 saturated heterocycles. The number of nitrogens with one attached hydrogen (secondary N) is 2. The summed E-state index contributed by atoms with van der Waals surface area (Å²) in [6.07, 6.45) is 0. The minimum atomic E-state index is -0.162. The van der Waals surface area contributed by atoms with Gasteiger partial charge in [0.15, 0.2) is 0 Å². The van der Waals surface area contributed by atoms with E-state index in [4.69, 9.17) is 10.00 Å². The Hall–Kier alpha value is -2.36. The van der Waals surface area contributed by atoms with Crippen LogP contribution in [-0.2, 0) is 4.79 Å². The van der Waals surface area contributed by atoms with Crippen molar-refractivity contribution in [2.75, 3.05) is 19.0 Å². The molecule has 2 rings (SSSR count). The number of rotatable bonds is 6. The van der Waals surface area contributed by atoms with E-state index >= 15 is 0 Å². The lowest BCUT2D eigenvalue weighted by molar-refractivity contribution is -0.115. The second kappa shape index (κ2) is 8.48. The molecule has 0 aromatic heterocycles. The molecule has 0 fully saturated rings. The average Bonchev–Trinajstić information content (AvgIpc) is 2.59. The molecule has 2 aromatic carbocycles. The van der Waals surface area contributed by atoms with Crippen LogP contribution in [0.1, 0.15) is 24.1 Å². The Morgan fingerprint density at radius 3 is 2.79 bits per heavy atom. The summed E-state index contributed by atoms with van der Waals surface area (Å²) in [5.74, 6) is 0.602. The quantitative estimate of drug-likeness (QED) is 0.793. The van der Waals surface area contributed by atoms with Gasteiger partial charge in [-0.05, 0) is 58.7 Å². The van der Waals surface area contributed by atoms with Gasteiger partial charge in [-0.15, -0.1) is 0 Å². The maximum absolute atomic E-state index is 12.0. The van der Waals surface area contributed by atoms with Crippen LogP contribution in [0.3, 0.4) is 0 Å². The van der Waals surface area contributed by atoms with E-state index in [0.717, 1.165) is 15.8 Å². The van der Waals surface area contributed by atoms with E-state index < -0.39 is 0 Å². The summed E-state index contributed by atoms with van der Waals surface area (Å²) < 4.78 is 6.08. The van der Waals surface area contributed by atoms with Crippen molar-refractivity contribution >= 4 is 27.5 Å². The third-order valence-electron chi connectivity index (χ3n) is 3.52. The summed E-state index contributed by atoms with van der Waals surface area (Å²) in [5.41, 5.74) is 2.17. The van der Waals surface area contributed by atoms with E-state index in [1.165, 1.54) is 0 Å². The summed E-state index contributed by atoms with van der Waals surface area (Å²) in [4.78, 5) is 12.0. The number of carbonyl (C=O) groups excluding carboxylic acids is 1. The Bertz CT molecular complexity index is 771. The first kappa shape index (κ1) is 18.0. The van der Waals surface area contributed by atoms with E-state index in [2.05, 4.69) is 26.6 Å². The third kappa shape index (κ3) is 4.82. The molecule has 0 saturated carbocycles. The first-order chi connectivity index (χ1) is 11.5. The molecule has 0 bridgehead atoms. The third-order valence-corrected chi connectivity index (χ3v) is 4.14. The highest BCUT2D eigenvalue weighted by Gasteiger charge is 2.10. The number of nitriles is 1. The summed E-state index contributed by atoms with van der Waals surface area (Å²) >= 11 is 3.46. The monoisotopic (exact) mass is 387 g/mol. The number of ether oxygens (including phenoxy) is 1. The van der Waals surface area contributed by atoms with Crippen LogP contribution in [0.2, 0.25) is 0 Å². The first-order valence-electron chi connectivity index (χ1n) is 7.40. The second-order valence-corrected chi connectivity index (χ2v) is 6.09. The second-order valence-electron chi connectivity index (χ2n) is 5.24. The number of anilines is 1. The molecule has 0 heterocycles. The Morgan fingerprint density at radius 2 is 2.12 bits per heavy atom. The lowest BCUT2D eigenvalue weighted by atomic mass is 10.1. The topological polar surface area (TPSA) is 74.2 Å². The Morgan fingerprint density at radius 1 is 1.33 bits per heavy atom. The van der Waals surface area contributed by atoms with E-state index in [1.807, 2.05) is 31.2 Å². The van der Waals surface area contributed by atoms with Crippen molar-refractivity contribution in [3.8, 4) is 11.8 Å². The molecule has 0 spiro atoms. The highest BCUT2D eigenvalue weighted by atomic mass is 79.9. The smallest absolute Gasteiger partial charge is 0.238 e. The van der Waals surface area contributed by atoms with Crippen molar-refractivity contribution in [1.82, 2.24) is 5.32 Å². The normalized spacial score (nSPS) is 11.4. The molecule has 5 nitrogen and oxygen atoms in total. The molecule has 0 aliphatic rings. The van der Waals surface area contributed by atoms with E-state index in [-0.39, 0.29) is 18.5 Å². The molecule has 1 amide bonds. The van der Waals surface area contributed by atoms with Gasteiger partial charge in [0, 0.05) is 11.7 Å². The molecule has 124 valence electrons. The van der Waals surface area contributed by atoms with Gasteiger partial charge >= 0.3 is 0 Å². The molecule has 0 radical (unpaired) electrons. The predicted octanol–water partition coefficient (Wildman–Crippen LogP) is 3.62. The van der Waals surface area contributed by atoms with Gasteiger partial charge in [-0.3, -0.25) is 4.79 Å². The van der Waals surface area contributed by atoms with Crippen molar-refractivity contribution in [2.45, 2.75) is 13.0 Å². The molecule has 6 heteroatoms. The van der Waals surface area contributed by atoms with Crippen LogP contribution in [0.5, 0.6) is 5.75 Å². The number of hydrogen-bond acceptors (Lipinski definition) is 4. The van der Waals surface area contributed by atoms with Crippen molar-refractivity contribution < 1.29 is 9.53 Å². The fraction of sp³-hybridized carbons (Fsp3) is 0.222. The molecule has 0 aliphatic carbocycles. The average molecular weight is 388 g/mol. The number of halogens is 1. The summed E-state index contributed by atoms with van der Waals surface area (Å²) in [6.45, 7) is 2.15. The van der Waals surface area contributed by atoms with E-state index in [9.17, 15) is 4.79 Å². The number of carbonyl (C=O) groups is 1. The Labute approximate surface area is 149 Å². The van der Waals surface area contributed by atoms with E-state index in [1.54, 1.807) is 31.4 Å². The lowest BCUT2D eigenvalue weighted by Gasteiger charge is -2.15. The maximum Gasteiger partial charge on any atom is 0.238 e. The number of amides is 1. The summed E-state index contributed by atoms with van der Waals surface area (Å²) in [6, 6.07) is 14.7. The molecule has 2 aromatic rings. The molecule has 0 aliphatic heterocycles. The van der Waals surface area contributed by atoms with Gasteiger partial charge in [-0.1, -0.05) is 12.1 Å². The van der Waals surface area contributed by atoms with Crippen molar-refractivity contribution in [2.24, 2.45) is 0 Å². The summed E-state index contributed by atoms with van der Waals surface area (Å²) in [5, 5.41) is 14.8. The largest absolute Gasteiger partial charge is 0.496 e. The number of nitrogens with zero attached hydrogens (tertiary/aromatic N) is 1. The van der Waals surface area contributed by atoms with Gasteiger partial charge in [-0.25, -0.2) is 0 Å². The standard InChI is InChI=1S/C18H18BrN3O2/c1-12(14-6-7-17(24-2)16(19)9-14)21-11-18(23)22-15-5-3-4-13(8-15)10-20/h3-9,12,21H,11H2,1-2H3,(H,22,23)/t12-/m1/s1. The molecular formula is C18H18BrN3O2. The zero-order valence-electron chi connectivity index (χ0n) is 13.5. The van der Waals surface area contributed by atoms with Gasteiger partial charge in [0.05, 0.1) is 29.8 Å². The molecule has 2 N–H and O–H groups in total. The van der Waals surface area contributed by atoms with Crippen LogP contribution in [0.15, 0.2) is 46.9 Å². The van der Waals surface area contributed by atoms with Crippen LogP contribution in [0.25, 0.3) is 0 Å². The van der Waals surface area contributed by atoms with Crippen molar-refractivity contribution in [1.29, 1.82) is 5.26 Å². The van der Waals surface area contributed by atoms with E-state index in [0.29, 0.717) is 11.3 Å². The maximum atomic E-state index is 12.0. The Kier molecular flexibility index (Phi) is 6.36. The molecular weight excluding hydrogens is 370 g/mol. The fourth-order valence-corrected chi connectivity index (χ4v) is 2.75. The SMILES string of the molecule is COc1ccc([C@@H](C)NCC(=O)Nc2cccc(C#N)c2)cc1Br. The van der Waals surface area contributed by atoms with Crippen molar-refractivity contribution in [3.63, 3.8) is 0 Å². The zero-order chi connectivity index (χ0) is 17.5. The lowest BCUT2D eigenvalue weighted by Crippen LogP contribution is -2.30. The minimum Gasteiger partial charge on any atom is -0.496 e. The van der Waals surface area contributed by atoms with Crippen molar-refractivity contribution in [3.05, 3.63) is 58.1 Å². The molecule has 24 heavy (non-hydrogen) atoms. The molecule has 0 unspecified atom stereocenters. The minimum absolute atomic E-state index is 0.00315. The van der Waals surface area contributed by atoms with Gasteiger partial charge in [0.1, 0.15) is 5.75 Å². The zero-order valence-corrected chi connectivity index (χ0v) is 15.1. The van der Waals surface area contributed by atoms with Crippen LogP contribution >= 0.6 is 15.9 Å². The van der Waals surface area contributed by atoms with Crippen LogP contribution in [-0.4, -0.2) is 19.6 Å².